The number of oxime groups is 1. The molecule has 0 aromatic heterocycles. The third-order valence-electron chi connectivity index (χ3n) is 6.14. The topological polar surface area (TPSA) is 76.0 Å². The van der Waals surface area contributed by atoms with Crippen LogP contribution in [0.1, 0.15) is 37.0 Å². The van der Waals surface area contributed by atoms with E-state index < -0.39 is 56.5 Å². The third kappa shape index (κ3) is 5.74. The molecule has 0 bridgehead atoms. The fraction of sp³-hybridized carbons (Fsp3) is 0.391. The number of anilines is 1. The summed E-state index contributed by atoms with van der Waals surface area (Å²) in [6, 6.07) is 6.01. The maximum Gasteiger partial charge on any atom is 0.435 e. The number of benzene rings is 2. The first-order valence-electron chi connectivity index (χ1n) is 10.8. The predicted octanol–water partition coefficient (Wildman–Crippen LogP) is 6.60. The van der Waals surface area contributed by atoms with Gasteiger partial charge >= 0.3 is 12.4 Å². The fourth-order valence-electron chi connectivity index (χ4n) is 3.80. The van der Waals surface area contributed by atoms with E-state index in [0.717, 1.165) is 11.0 Å². The Balaban J connectivity index is 1.96. The lowest BCUT2D eigenvalue weighted by Gasteiger charge is -2.30. The zero-order valence-corrected chi connectivity index (χ0v) is 23.9. The molecule has 3 rings (SSSR count). The number of hydrogen-bond acceptors (Lipinski definition) is 5. The van der Waals surface area contributed by atoms with Crippen molar-refractivity contribution in [3.63, 3.8) is 0 Å². The maximum absolute atomic E-state index is 14.3. The van der Waals surface area contributed by atoms with Crippen molar-refractivity contribution in [1.82, 2.24) is 0 Å². The van der Waals surface area contributed by atoms with Gasteiger partial charge in [-0.25, -0.2) is 8.42 Å². The van der Waals surface area contributed by atoms with Gasteiger partial charge in [0.2, 0.25) is 5.91 Å². The number of sulfone groups is 1. The van der Waals surface area contributed by atoms with Crippen molar-refractivity contribution in [2.24, 2.45) is 5.16 Å². The molecule has 15 heteroatoms. The number of hydrogen-bond donors (Lipinski definition) is 0. The summed E-state index contributed by atoms with van der Waals surface area (Å²) in [5.74, 6) is -0.954. The molecule has 0 fully saturated rings. The van der Waals surface area contributed by atoms with Gasteiger partial charge < -0.3 is 9.74 Å². The monoisotopic (exact) mass is 692 g/mol. The van der Waals surface area contributed by atoms with E-state index in [2.05, 4.69) is 37.0 Å². The predicted molar refractivity (Wildman–Crippen MR) is 136 cm³/mol. The van der Waals surface area contributed by atoms with Crippen LogP contribution in [0.25, 0.3) is 0 Å². The van der Waals surface area contributed by atoms with Crippen LogP contribution in [-0.4, -0.2) is 44.3 Å². The zero-order chi connectivity index (χ0) is 28.8. The number of alkyl halides is 6. The molecule has 0 saturated heterocycles. The van der Waals surface area contributed by atoms with Crippen molar-refractivity contribution >= 4 is 59.0 Å². The van der Waals surface area contributed by atoms with Crippen molar-refractivity contribution in [1.29, 1.82) is 0 Å². The minimum atomic E-state index is -5.13. The lowest BCUT2D eigenvalue weighted by molar-refractivity contribution is -0.276. The summed E-state index contributed by atoms with van der Waals surface area (Å²) >= 11 is 6.08. The van der Waals surface area contributed by atoms with Crippen LogP contribution in [0.2, 0.25) is 0 Å². The second-order valence-corrected chi connectivity index (χ2v) is 12.9. The van der Waals surface area contributed by atoms with Gasteiger partial charge in [0.05, 0.1) is 17.0 Å². The molecule has 6 nitrogen and oxygen atoms in total. The van der Waals surface area contributed by atoms with E-state index >= 15 is 0 Å². The highest BCUT2D eigenvalue weighted by Gasteiger charge is 2.62. The van der Waals surface area contributed by atoms with Gasteiger partial charge in [0.25, 0.3) is 5.60 Å². The number of rotatable bonds is 6. The Kier molecular flexibility index (Phi) is 8.36. The van der Waals surface area contributed by atoms with Gasteiger partial charge in [0.1, 0.15) is 5.25 Å². The van der Waals surface area contributed by atoms with E-state index in [1.54, 1.807) is 0 Å². The van der Waals surface area contributed by atoms with E-state index in [9.17, 15) is 39.6 Å². The van der Waals surface area contributed by atoms with Crippen molar-refractivity contribution in [2.45, 2.75) is 43.5 Å². The van der Waals surface area contributed by atoms with Gasteiger partial charge in [-0.1, -0.05) is 34.1 Å². The molecule has 0 N–H and O–H groups in total. The van der Waals surface area contributed by atoms with Gasteiger partial charge in [-0.2, -0.15) is 26.3 Å². The molecule has 2 unspecified atom stereocenters. The molecule has 0 spiro atoms. The quantitative estimate of drug-likeness (QED) is 0.320. The summed E-state index contributed by atoms with van der Waals surface area (Å²) in [5, 5.41) is 2.24. The fourth-order valence-corrected chi connectivity index (χ4v) is 5.90. The van der Waals surface area contributed by atoms with Crippen LogP contribution in [-0.2, 0) is 31.2 Å². The first kappa shape index (κ1) is 30.4. The average molecular weight is 694 g/mol. The van der Waals surface area contributed by atoms with Crippen molar-refractivity contribution in [2.75, 3.05) is 17.7 Å². The highest BCUT2D eigenvalue weighted by Crippen LogP contribution is 2.50. The smallest absolute Gasteiger partial charge is 0.374 e. The van der Waals surface area contributed by atoms with Crippen LogP contribution in [0, 0.1) is 0 Å². The molecule has 1 amide bonds. The second kappa shape index (κ2) is 10.5. The normalized spacial score (nSPS) is 19.1. The van der Waals surface area contributed by atoms with Gasteiger partial charge in [-0.05, 0) is 53.2 Å². The average Bonchev–Trinajstić information content (AvgIpc) is 3.29. The van der Waals surface area contributed by atoms with Crippen LogP contribution >= 0.6 is 31.9 Å². The minimum Gasteiger partial charge on any atom is -0.374 e. The molecule has 1 aliphatic rings. The minimum absolute atomic E-state index is 0.146. The lowest BCUT2D eigenvalue weighted by atomic mass is 9.85. The highest BCUT2D eigenvalue weighted by molar-refractivity contribution is 9.10. The summed E-state index contributed by atoms with van der Waals surface area (Å²) in [6.45, 7) is 2.67. The molecule has 38 heavy (non-hydrogen) atoms. The standard InChI is InChI=1S/C23H20Br2F6N2O4S/c1-4-38(35,36)12(2)20(34)33(3)19-6-5-13(7-17(19)25)18-11-21(37-32-18,23(29,30)31)14-8-15(22(26,27)28)10-16(24)9-14/h5-10,12H,4,11H2,1-3H3. The first-order chi connectivity index (χ1) is 17.3. The zero-order valence-electron chi connectivity index (χ0n) is 19.9. The van der Waals surface area contributed by atoms with Gasteiger partial charge in [0.15, 0.2) is 9.84 Å². The molecule has 2 atom stereocenters. The Labute approximate surface area is 231 Å². The van der Waals surface area contributed by atoms with Crippen LogP contribution < -0.4 is 4.90 Å². The van der Waals surface area contributed by atoms with E-state index in [1.807, 2.05) is 0 Å². The van der Waals surface area contributed by atoms with E-state index in [-0.39, 0.29) is 31.7 Å². The highest BCUT2D eigenvalue weighted by atomic mass is 79.9. The summed E-state index contributed by atoms with van der Waals surface area (Å²) in [7, 11) is -2.33. The number of carbonyl (C=O) groups excluding carboxylic acids is 1. The largest absolute Gasteiger partial charge is 0.435 e. The lowest BCUT2D eigenvalue weighted by Crippen LogP contribution is -2.43. The number of nitrogens with zero attached hydrogens (tertiary/aromatic N) is 2. The molecule has 1 aliphatic heterocycles. The molecule has 2 aromatic rings. The van der Waals surface area contributed by atoms with Crippen molar-refractivity contribution in [3.8, 4) is 0 Å². The summed E-state index contributed by atoms with van der Waals surface area (Å²) in [6.07, 6.45) is -10.9. The second-order valence-electron chi connectivity index (χ2n) is 8.51. The van der Waals surface area contributed by atoms with Gasteiger partial charge in [-0.3, -0.25) is 4.79 Å². The molecular formula is C23H20Br2F6N2O4S. The Morgan fingerprint density at radius 1 is 1.13 bits per heavy atom. The Morgan fingerprint density at radius 3 is 2.29 bits per heavy atom. The summed E-state index contributed by atoms with van der Waals surface area (Å²) < 4.78 is 107. The molecule has 2 aromatic carbocycles. The Hall–Kier alpha value is -2.13. The number of halogens is 8. The molecule has 208 valence electrons. The molecule has 0 saturated carbocycles. The van der Waals surface area contributed by atoms with Crippen molar-refractivity contribution in [3.05, 3.63) is 62.0 Å². The van der Waals surface area contributed by atoms with Crippen LogP contribution in [0.5, 0.6) is 0 Å². The van der Waals surface area contributed by atoms with Crippen molar-refractivity contribution < 1.29 is 44.4 Å². The summed E-state index contributed by atoms with van der Waals surface area (Å²) in [5.41, 5.74) is -5.06. The van der Waals surface area contributed by atoms with E-state index in [1.165, 1.54) is 39.1 Å². The molecule has 0 aliphatic carbocycles. The maximum atomic E-state index is 14.3. The van der Waals surface area contributed by atoms with Crippen LogP contribution in [0.15, 0.2) is 50.5 Å². The number of amides is 1. The molecule has 1 heterocycles. The Bertz CT molecular complexity index is 1400. The Morgan fingerprint density at radius 2 is 1.76 bits per heavy atom. The third-order valence-corrected chi connectivity index (χ3v) is 9.32. The van der Waals surface area contributed by atoms with Gasteiger partial charge in [0, 0.05) is 39.3 Å². The van der Waals surface area contributed by atoms with E-state index in [0.29, 0.717) is 12.1 Å². The van der Waals surface area contributed by atoms with Crippen LogP contribution in [0.3, 0.4) is 0 Å². The van der Waals surface area contributed by atoms with Crippen LogP contribution in [0.4, 0.5) is 32.0 Å². The first-order valence-corrected chi connectivity index (χ1v) is 14.1. The van der Waals surface area contributed by atoms with E-state index in [4.69, 9.17) is 4.84 Å². The SMILES string of the molecule is CCS(=O)(=O)C(C)C(=O)N(C)c1ccc(C2=NOC(c3cc(Br)cc(C(F)(F)F)c3)(C(F)(F)F)C2)cc1Br. The molecule has 0 radical (unpaired) electrons. The molecular weight excluding hydrogens is 674 g/mol. The summed E-state index contributed by atoms with van der Waals surface area (Å²) in [4.78, 5) is 18.6. The van der Waals surface area contributed by atoms with Gasteiger partial charge in [-0.15, -0.1) is 0 Å². The number of carbonyl (C=O) groups is 1.